The highest BCUT2D eigenvalue weighted by molar-refractivity contribution is 7.89. The van der Waals surface area contributed by atoms with E-state index in [4.69, 9.17) is 15.1 Å². The molecular formula is C14H17FN2O3S. The van der Waals surface area contributed by atoms with Gasteiger partial charge >= 0.3 is 0 Å². The minimum Gasteiger partial charge on any atom is -0.490 e. The SMILES string of the molecule is N#Cc1ccc(OCC2(CS(N)(=O)=O)CCCC2)c(F)c1. The molecule has 1 aromatic rings. The predicted octanol–water partition coefficient (Wildman–Crippen LogP) is 1.93. The van der Waals surface area contributed by atoms with E-state index in [-0.39, 0.29) is 23.7 Å². The van der Waals surface area contributed by atoms with Crippen LogP contribution in [0.15, 0.2) is 18.2 Å². The summed E-state index contributed by atoms with van der Waals surface area (Å²) in [5, 5.41) is 13.8. The molecule has 1 aliphatic rings. The van der Waals surface area contributed by atoms with Crippen LogP contribution in [0.1, 0.15) is 31.2 Å². The molecule has 0 atom stereocenters. The molecule has 2 rings (SSSR count). The lowest BCUT2D eigenvalue weighted by Gasteiger charge is -2.27. The summed E-state index contributed by atoms with van der Waals surface area (Å²) in [5.41, 5.74) is -0.339. The number of hydrogen-bond donors (Lipinski definition) is 1. The number of benzene rings is 1. The first-order chi connectivity index (χ1) is 9.84. The first kappa shape index (κ1) is 15.7. The molecule has 0 unspecified atom stereocenters. The highest BCUT2D eigenvalue weighted by atomic mass is 32.2. The molecular weight excluding hydrogens is 295 g/mol. The summed E-state index contributed by atoms with van der Waals surface area (Å²) in [4.78, 5) is 0. The van der Waals surface area contributed by atoms with Gasteiger partial charge in [0.05, 0.1) is 24.0 Å². The summed E-state index contributed by atoms with van der Waals surface area (Å²) in [5.74, 6) is -0.759. The van der Waals surface area contributed by atoms with E-state index in [1.165, 1.54) is 12.1 Å². The Morgan fingerprint density at radius 2 is 2.05 bits per heavy atom. The number of sulfonamides is 1. The predicted molar refractivity (Wildman–Crippen MR) is 75.5 cm³/mol. The summed E-state index contributed by atoms with van der Waals surface area (Å²) >= 11 is 0. The van der Waals surface area contributed by atoms with Crippen molar-refractivity contribution >= 4 is 10.0 Å². The Morgan fingerprint density at radius 3 is 2.57 bits per heavy atom. The number of rotatable bonds is 5. The van der Waals surface area contributed by atoms with Gasteiger partial charge < -0.3 is 4.74 Å². The summed E-state index contributed by atoms with van der Waals surface area (Å²) < 4.78 is 42.0. The average Bonchev–Trinajstić information content (AvgIpc) is 2.83. The van der Waals surface area contributed by atoms with Crippen LogP contribution in [0.25, 0.3) is 0 Å². The molecule has 2 N–H and O–H groups in total. The van der Waals surface area contributed by atoms with Crippen molar-refractivity contribution in [1.82, 2.24) is 0 Å². The second-order valence-electron chi connectivity index (χ2n) is 5.56. The largest absolute Gasteiger partial charge is 0.490 e. The Morgan fingerprint density at radius 1 is 1.38 bits per heavy atom. The summed E-state index contributed by atoms with van der Waals surface area (Å²) in [6.07, 6.45) is 3.21. The lowest BCUT2D eigenvalue weighted by Crippen LogP contribution is -2.36. The smallest absolute Gasteiger partial charge is 0.209 e. The highest BCUT2D eigenvalue weighted by Crippen LogP contribution is 2.39. The maximum absolute atomic E-state index is 13.8. The zero-order chi connectivity index (χ0) is 15.5. The molecule has 1 saturated carbocycles. The van der Waals surface area contributed by atoms with Crippen LogP contribution in [0.5, 0.6) is 5.75 Å². The van der Waals surface area contributed by atoms with Crippen molar-refractivity contribution in [2.45, 2.75) is 25.7 Å². The van der Waals surface area contributed by atoms with Crippen LogP contribution < -0.4 is 9.88 Å². The van der Waals surface area contributed by atoms with E-state index in [1.807, 2.05) is 6.07 Å². The molecule has 0 saturated heterocycles. The fraction of sp³-hybridized carbons (Fsp3) is 0.500. The Hall–Kier alpha value is -1.65. The first-order valence-corrected chi connectivity index (χ1v) is 8.38. The first-order valence-electron chi connectivity index (χ1n) is 6.67. The summed E-state index contributed by atoms with van der Waals surface area (Å²) in [6.45, 7) is 0.103. The monoisotopic (exact) mass is 312 g/mol. The number of halogens is 1. The van der Waals surface area contributed by atoms with Crippen LogP contribution in [0, 0.1) is 22.6 Å². The van der Waals surface area contributed by atoms with Gasteiger partial charge in [-0.15, -0.1) is 0 Å². The molecule has 0 radical (unpaired) electrons. The minimum absolute atomic E-state index is 0.0229. The topological polar surface area (TPSA) is 93.2 Å². The van der Waals surface area contributed by atoms with Gasteiger partial charge in [0.1, 0.15) is 0 Å². The third-order valence-corrected chi connectivity index (χ3v) is 4.78. The van der Waals surface area contributed by atoms with E-state index in [1.54, 1.807) is 0 Å². The Labute approximate surface area is 123 Å². The summed E-state index contributed by atoms with van der Waals surface area (Å²) in [6, 6.07) is 5.77. The van der Waals surface area contributed by atoms with Gasteiger partial charge in [-0.25, -0.2) is 17.9 Å². The van der Waals surface area contributed by atoms with Crippen LogP contribution in [0.2, 0.25) is 0 Å². The molecule has 0 amide bonds. The van der Waals surface area contributed by atoms with Gasteiger partial charge in [0.2, 0.25) is 10.0 Å². The molecule has 1 aromatic carbocycles. The fourth-order valence-corrected chi connectivity index (χ4v) is 4.03. The Bertz CT molecular complexity index is 661. The van der Waals surface area contributed by atoms with Gasteiger partial charge in [-0.2, -0.15) is 5.26 Å². The van der Waals surface area contributed by atoms with Crippen molar-refractivity contribution in [1.29, 1.82) is 5.26 Å². The third-order valence-electron chi connectivity index (χ3n) is 3.77. The van der Waals surface area contributed by atoms with Crippen LogP contribution >= 0.6 is 0 Å². The number of nitriles is 1. The van der Waals surface area contributed by atoms with E-state index in [0.717, 1.165) is 18.9 Å². The van der Waals surface area contributed by atoms with Crippen molar-refractivity contribution in [3.05, 3.63) is 29.6 Å². The maximum Gasteiger partial charge on any atom is 0.209 e. The van der Waals surface area contributed by atoms with Gasteiger partial charge in [-0.05, 0) is 31.0 Å². The molecule has 1 aliphatic carbocycles. The molecule has 0 bridgehead atoms. The van der Waals surface area contributed by atoms with E-state index < -0.39 is 21.3 Å². The molecule has 114 valence electrons. The zero-order valence-corrected chi connectivity index (χ0v) is 12.3. The van der Waals surface area contributed by atoms with E-state index in [2.05, 4.69) is 0 Å². The standard InChI is InChI=1S/C14H17FN2O3S/c15-12-7-11(8-16)3-4-13(12)20-9-14(5-1-2-6-14)10-21(17,18)19/h3-4,7H,1-2,5-6,9-10H2,(H2,17,18,19). The lowest BCUT2D eigenvalue weighted by atomic mass is 9.90. The second-order valence-corrected chi connectivity index (χ2v) is 7.17. The van der Waals surface area contributed by atoms with Crippen LogP contribution in [0.4, 0.5) is 4.39 Å². The van der Waals surface area contributed by atoms with Crippen LogP contribution in [0.3, 0.4) is 0 Å². The number of ether oxygens (including phenoxy) is 1. The Balaban J connectivity index is 2.11. The van der Waals surface area contributed by atoms with E-state index >= 15 is 0 Å². The average molecular weight is 312 g/mol. The highest BCUT2D eigenvalue weighted by Gasteiger charge is 2.38. The van der Waals surface area contributed by atoms with Crippen molar-refractivity contribution in [3.8, 4) is 11.8 Å². The van der Waals surface area contributed by atoms with Crippen LogP contribution in [-0.2, 0) is 10.0 Å². The second kappa shape index (κ2) is 6.00. The number of hydrogen-bond acceptors (Lipinski definition) is 4. The third kappa shape index (κ3) is 4.16. The fourth-order valence-electron chi connectivity index (χ4n) is 2.80. The zero-order valence-electron chi connectivity index (χ0n) is 11.5. The van der Waals surface area contributed by atoms with Gasteiger partial charge in [0.15, 0.2) is 11.6 Å². The van der Waals surface area contributed by atoms with Gasteiger partial charge in [-0.3, -0.25) is 0 Å². The van der Waals surface area contributed by atoms with Crippen molar-refractivity contribution in [2.75, 3.05) is 12.4 Å². The van der Waals surface area contributed by atoms with Crippen LogP contribution in [-0.4, -0.2) is 20.8 Å². The number of nitrogens with two attached hydrogens (primary N) is 1. The van der Waals surface area contributed by atoms with Gasteiger partial charge in [-0.1, -0.05) is 12.8 Å². The number of primary sulfonamides is 1. The molecule has 21 heavy (non-hydrogen) atoms. The molecule has 1 fully saturated rings. The van der Waals surface area contributed by atoms with Crippen molar-refractivity contribution < 1.29 is 17.5 Å². The lowest BCUT2D eigenvalue weighted by molar-refractivity contribution is 0.165. The quantitative estimate of drug-likeness (QED) is 0.899. The van der Waals surface area contributed by atoms with E-state index in [9.17, 15) is 12.8 Å². The molecule has 0 spiro atoms. The normalized spacial score (nSPS) is 17.4. The summed E-state index contributed by atoms with van der Waals surface area (Å²) in [7, 11) is -3.61. The van der Waals surface area contributed by atoms with Gasteiger partial charge in [0.25, 0.3) is 0 Å². The van der Waals surface area contributed by atoms with E-state index in [0.29, 0.717) is 12.8 Å². The molecule has 0 aliphatic heterocycles. The maximum atomic E-state index is 13.8. The minimum atomic E-state index is -3.61. The van der Waals surface area contributed by atoms with Crippen molar-refractivity contribution in [3.63, 3.8) is 0 Å². The molecule has 7 heteroatoms. The molecule has 5 nitrogen and oxygen atoms in total. The Kier molecular flexibility index (Phi) is 4.49. The van der Waals surface area contributed by atoms with Crippen molar-refractivity contribution in [2.24, 2.45) is 10.6 Å². The number of nitrogens with zero attached hydrogens (tertiary/aromatic N) is 1. The van der Waals surface area contributed by atoms with Gasteiger partial charge in [0, 0.05) is 5.41 Å². The molecule has 0 heterocycles. The molecule has 0 aromatic heterocycles.